The molecule has 2 fully saturated rings. The van der Waals surface area contributed by atoms with Crippen LogP contribution in [0.3, 0.4) is 0 Å². The van der Waals surface area contributed by atoms with Gasteiger partial charge in [-0.2, -0.15) is 0 Å². The fraction of sp³-hybridized carbons (Fsp3) is 0.611. The Kier molecular flexibility index (Phi) is 4.85. The Balaban J connectivity index is 1.68. The Hall–Kier alpha value is -1.95. The lowest BCUT2D eigenvalue weighted by Gasteiger charge is -2.40. The number of rotatable bonds is 5. The van der Waals surface area contributed by atoms with E-state index >= 15 is 0 Å². The minimum atomic E-state index is -0.605. The standard InChI is InChI=1S/C18H26N4O2/c1-3-22-17(24)21(11-5-7-15-6-4-10-19-14-15)16(23)18(22)8-12-20(2)13-9-18/h4,6,10,14H,3,5,7-9,11-13H2,1-2H3. The van der Waals surface area contributed by atoms with E-state index in [1.807, 2.05) is 25.3 Å². The van der Waals surface area contributed by atoms with Crippen molar-refractivity contribution < 1.29 is 9.59 Å². The smallest absolute Gasteiger partial charge is 0.310 e. The molecule has 0 N–H and O–H groups in total. The maximum absolute atomic E-state index is 13.0. The summed E-state index contributed by atoms with van der Waals surface area (Å²) in [5.41, 5.74) is 0.532. The molecular weight excluding hydrogens is 304 g/mol. The van der Waals surface area contributed by atoms with Crippen LogP contribution in [0.1, 0.15) is 31.7 Å². The third-order valence-corrected chi connectivity index (χ3v) is 5.32. The summed E-state index contributed by atoms with van der Waals surface area (Å²) in [6.45, 7) is 4.76. The third kappa shape index (κ3) is 2.90. The summed E-state index contributed by atoms with van der Waals surface area (Å²) in [4.78, 5) is 35.4. The van der Waals surface area contributed by atoms with Gasteiger partial charge in [-0.05, 0) is 51.3 Å². The SMILES string of the molecule is CCN1C(=O)N(CCCc2cccnc2)C(=O)C12CCN(C)CC2. The van der Waals surface area contributed by atoms with Crippen LogP contribution in [-0.4, -0.2) is 70.4 Å². The Morgan fingerprint density at radius 2 is 2.00 bits per heavy atom. The van der Waals surface area contributed by atoms with Crippen LogP contribution in [0.4, 0.5) is 4.79 Å². The van der Waals surface area contributed by atoms with Crippen LogP contribution < -0.4 is 0 Å². The minimum Gasteiger partial charge on any atom is -0.310 e. The van der Waals surface area contributed by atoms with Gasteiger partial charge in [-0.3, -0.25) is 14.7 Å². The second-order valence-corrected chi connectivity index (χ2v) is 6.78. The molecule has 0 atom stereocenters. The number of carbonyl (C=O) groups is 2. The summed E-state index contributed by atoms with van der Waals surface area (Å²) in [6.07, 6.45) is 6.66. The zero-order valence-electron chi connectivity index (χ0n) is 14.6. The molecule has 24 heavy (non-hydrogen) atoms. The number of likely N-dealkylation sites (tertiary alicyclic amines) is 1. The fourth-order valence-electron chi connectivity index (χ4n) is 3.88. The Bertz CT molecular complexity index is 596. The van der Waals surface area contributed by atoms with Gasteiger partial charge in [0, 0.05) is 38.6 Å². The minimum absolute atomic E-state index is 0.00800. The van der Waals surface area contributed by atoms with Crippen LogP contribution in [0.2, 0.25) is 0 Å². The number of hydrogen-bond donors (Lipinski definition) is 0. The highest BCUT2D eigenvalue weighted by atomic mass is 16.2. The van der Waals surface area contributed by atoms with Crippen molar-refractivity contribution in [3.8, 4) is 0 Å². The Morgan fingerprint density at radius 3 is 2.62 bits per heavy atom. The van der Waals surface area contributed by atoms with Crippen LogP contribution in [0.15, 0.2) is 24.5 Å². The van der Waals surface area contributed by atoms with Crippen LogP contribution in [-0.2, 0) is 11.2 Å². The molecule has 2 saturated heterocycles. The zero-order chi connectivity index (χ0) is 17.2. The fourth-order valence-corrected chi connectivity index (χ4v) is 3.88. The number of imide groups is 1. The number of aryl methyl sites for hydroxylation is 1. The predicted octanol–water partition coefficient (Wildman–Crippen LogP) is 1.76. The van der Waals surface area contributed by atoms with Crippen molar-refractivity contribution >= 4 is 11.9 Å². The molecule has 1 aromatic heterocycles. The normalized spacial score (nSPS) is 21.1. The molecular formula is C18H26N4O2. The topological polar surface area (TPSA) is 56.8 Å². The summed E-state index contributed by atoms with van der Waals surface area (Å²) in [7, 11) is 2.07. The van der Waals surface area contributed by atoms with Crippen molar-refractivity contribution in [2.75, 3.05) is 33.2 Å². The molecule has 0 radical (unpaired) electrons. The number of amides is 3. The molecule has 0 saturated carbocycles. The summed E-state index contributed by atoms with van der Waals surface area (Å²) in [5, 5.41) is 0. The van der Waals surface area contributed by atoms with Crippen molar-refractivity contribution in [1.82, 2.24) is 19.7 Å². The molecule has 1 spiro atoms. The van der Waals surface area contributed by atoms with E-state index in [0.717, 1.165) is 44.3 Å². The lowest BCUT2D eigenvalue weighted by Crippen LogP contribution is -2.55. The molecule has 0 aromatic carbocycles. The number of urea groups is 1. The maximum atomic E-state index is 13.0. The number of nitrogens with zero attached hydrogens (tertiary/aromatic N) is 4. The molecule has 3 rings (SSSR count). The van der Waals surface area contributed by atoms with Crippen molar-refractivity contribution in [1.29, 1.82) is 0 Å². The highest BCUT2D eigenvalue weighted by Crippen LogP contribution is 2.36. The average molecular weight is 330 g/mol. The average Bonchev–Trinajstić information content (AvgIpc) is 2.79. The van der Waals surface area contributed by atoms with E-state index in [2.05, 4.69) is 16.9 Å². The van der Waals surface area contributed by atoms with Gasteiger partial charge >= 0.3 is 6.03 Å². The van der Waals surface area contributed by atoms with Gasteiger partial charge in [-0.15, -0.1) is 0 Å². The molecule has 0 aliphatic carbocycles. The van der Waals surface area contributed by atoms with Gasteiger partial charge in [0.05, 0.1) is 0 Å². The predicted molar refractivity (Wildman–Crippen MR) is 91.5 cm³/mol. The summed E-state index contributed by atoms with van der Waals surface area (Å²) >= 11 is 0. The summed E-state index contributed by atoms with van der Waals surface area (Å²) < 4.78 is 0. The van der Waals surface area contributed by atoms with E-state index in [4.69, 9.17) is 0 Å². The van der Waals surface area contributed by atoms with Gasteiger partial charge in [-0.1, -0.05) is 6.07 Å². The van der Waals surface area contributed by atoms with Gasteiger partial charge in [-0.25, -0.2) is 4.79 Å². The van der Waals surface area contributed by atoms with Crippen molar-refractivity contribution in [2.45, 2.75) is 38.1 Å². The van der Waals surface area contributed by atoms with Crippen molar-refractivity contribution in [2.24, 2.45) is 0 Å². The molecule has 130 valence electrons. The van der Waals surface area contributed by atoms with Crippen LogP contribution >= 0.6 is 0 Å². The summed E-state index contributed by atoms with van der Waals surface area (Å²) in [6, 6.07) is 3.82. The molecule has 3 amide bonds. The van der Waals surface area contributed by atoms with Crippen molar-refractivity contribution in [3.05, 3.63) is 30.1 Å². The zero-order valence-corrected chi connectivity index (χ0v) is 14.6. The number of likely N-dealkylation sites (N-methyl/N-ethyl adjacent to an activating group) is 1. The Labute approximate surface area is 143 Å². The van der Waals surface area contributed by atoms with Gasteiger partial charge in [0.15, 0.2) is 0 Å². The third-order valence-electron chi connectivity index (χ3n) is 5.32. The van der Waals surface area contributed by atoms with Crippen molar-refractivity contribution in [3.63, 3.8) is 0 Å². The number of hydrogen-bond acceptors (Lipinski definition) is 4. The second kappa shape index (κ2) is 6.89. The van der Waals surface area contributed by atoms with E-state index in [1.54, 1.807) is 11.1 Å². The van der Waals surface area contributed by atoms with E-state index in [0.29, 0.717) is 13.1 Å². The molecule has 0 unspecified atom stereocenters. The van der Waals surface area contributed by atoms with Gasteiger partial charge in [0.2, 0.25) is 0 Å². The molecule has 6 heteroatoms. The highest BCUT2D eigenvalue weighted by molar-refractivity contribution is 6.07. The number of aromatic nitrogens is 1. The van der Waals surface area contributed by atoms with Gasteiger partial charge in [0.1, 0.15) is 5.54 Å². The molecule has 6 nitrogen and oxygen atoms in total. The first-order valence-corrected chi connectivity index (χ1v) is 8.79. The van der Waals surface area contributed by atoms with E-state index < -0.39 is 5.54 Å². The lowest BCUT2D eigenvalue weighted by molar-refractivity contribution is -0.135. The second-order valence-electron chi connectivity index (χ2n) is 6.78. The van der Waals surface area contributed by atoms with Gasteiger partial charge < -0.3 is 9.80 Å². The first-order chi connectivity index (χ1) is 11.6. The largest absolute Gasteiger partial charge is 0.327 e. The molecule has 2 aliphatic rings. The number of piperidine rings is 1. The first-order valence-electron chi connectivity index (χ1n) is 8.79. The Morgan fingerprint density at radius 1 is 1.25 bits per heavy atom. The quantitative estimate of drug-likeness (QED) is 0.772. The lowest BCUT2D eigenvalue weighted by atomic mass is 9.86. The molecule has 3 heterocycles. The number of carbonyl (C=O) groups excluding carboxylic acids is 2. The van der Waals surface area contributed by atoms with E-state index in [1.165, 1.54) is 4.90 Å². The summed E-state index contributed by atoms with van der Waals surface area (Å²) in [5.74, 6) is 0.00800. The van der Waals surface area contributed by atoms with Crippen LogP contribution in [0.5, 0.6) is 0 Å². The monoisotopic (exact) mass is 330 g/mol. The number of pyridine rings is 1. The van der Waals surface area contributed by atoms with E-state index in [-0.39, 0.29) is 11.9 Å². The van der Waals surface area contributed by atoms with Crippen LogP contribution in [0, 0.1) is 0 Å². The maximum Gasteiger partial charge on any atom is 0.327 e. The van der Waals surface area contributed by atoms with E-state index in [9.17, 15) is 9.59 Å². The molecule has 2 aliphatic heterocycles. The molecule has 1 aromatic rings. The molecule has 0 bridgehead atoms. The van der Waals surface area contributed by atoms with Gasteiger partial charge in [0.25, 0.3) is 5.91 Å². The van der Waals surface area contributed by atoms with Crippen LogP contribution in [0.25, 0.3) is 0 Å². The highest BCUT2D eigenvalue weighted by Gasteiger charge is 2.56. The first kappa shape index (κ1) is 16.9.